The van der Waals surface area contributed by atoms with Gasteiger partial charge in [-0.25, -0.2) is 0 Å². The van der Waals surface area contributed by atoms with E-state index in [0.717, 1.165) is 30.4 Å². The average molecular weight is 473 g/mol. The third kappa shape index (κ3) is 3.34. The highest BCUT2D eigenvalue weighted by atomic mass is 16.5. The van der Waals surface area contributed by atoms with Gasteiger partial charge in [0, 0.05) is 50.0 Å². The normalized spacial score (nSPS) is 33.3. The summed E-state index contributed by atoms with van der Waals surface area (Å²) in [4.78, 5) is 18.8. The molecule has 5 nitrogen and oxygen atoms in total. The van der Waals surface area contributed by atoms with Gasteiger partial charge in [0.25, 0.3) is 0 Å². The van der Waals surface area contributed by atoms with E-state index in [1.165, 1.54) is 49.0 Å². The molecule has 5 heteroatoms. The molecule has 2 saturated heterocycles. The minimum atomic E-state index is -0.0384. The van der Waals surface area contributed by atoms with E-state index < -0.39 is 0 Å². The van der Waals surface area contributed by atoms with Crippen molar-refractivity contribution in [3.05, 3.63) is 59.2 Å². The molecule has 2 heterocycles. The molecule has 2 aromatic carbocycles. The predicted octanol–water partition coefficient (Wildman–Crippen LogP) is 4.28. The minimum Gasteiger partial charge on any atom is -0.497 e. The number of amides is 1. The second-order valence-corrected chi connectivity index (χ2v) is 11.7. The molecule has 5 unspecified atom stereocenters. The van der Waals surface area contributed by atoms with Crippen molar-refractivity contribution in [2.24, 2.45) is 23.7 Å². The number of benzene rings is 2. The smallest absolute Gasteiger partial charge is 0.223 e. The molecule has 35 heavy (non-hydrogen) atoms. The standard InChI is InChI=1S/C30H36N2O3/c1-34-23-8-5-20(6-9-23)16-32-18-27-28-13-26-22(17-31(28)15-19-3-4-19)11-21-7-10-24(35-2)12-25(21)30(26,27)14-29(32)33/h5-10,12,19,22,26-28H,3-4,11,13-18H2,1-2H3. The fraction of sp³-hybridized carbons (Fsp3) is 0.567. The Bertz CT molecular complexity index is 1140. The van der Waals surface area contributed by atoms with Crippen molar-refractivity contribution in [2.45, 2.75) is 50.1 Å². The van der Waals surface area contributed by atoms with E-state index >= 15 is 0 Å². The molecule has 4 fully saturated rings. The molecule has 2 aliphatic heterocycles. The lowest BCUT2D eigenvalue weighted by Crippen LogP contribution is -2.56. The zero-order valence-electron chi connectivity index (χ0n) is 20.9. The van der Waals surface area contributed by atoms with Gasteiger partial charge in [0.2, 0.25) is 5.91 Å². The van der Waals surface area contributed by atoms with Crippen LogP contribution in [0.3, 0.4) is 0 Å². The molecular weight excluding hydrogens is 436 g/mol. The van der Waals surface area contributed by atoms with Gasteiger partial charge in [-0.1, -0.05) is 18.2 Å². The van der Waals surface area contributed by atoms with E-state index in [9.17, 15) is 4.79 Å². The van der Waals surface area contributed by atoms with E-state index in [4.69, 9.17) is 9.47 Å². The number of ether oxygens (including phenoxy) is 2. The summed E-state index contributed by atoms with van der Waals surface area (Å²) in [5.74, 6) is 4.75. The summed E-state index contributed by atoms with van der Waals surface area (Å²) in [6, 6.07) is 15.5. The average Bonchev–Trinajstić information content (AvgIpc) is 3.64. The number of nitrogens with zero attached hydrogens (tertiary/aromatic N) is 2. The van der Waals surface area contributed by atoms with E-state index in [2.05, 4.69) is 40.1 Å². The number of likely N-dealkylation sites (tertiary alicyclic amines) is 2. The second-order valence-electron chi connectivity index (χ2n) is 11.7. The van der Waals surface area contributed by atoms with Gasteiger partial charge in [-0.05, 0) is 84.4 Å². The first kappa shape index (κ1) is 21.7. The Balaban J connectivity index is 1.27. The Labute approximate surface area is 208 Å². The molecule has 3 aliphatic carbocycles. The number of hydrogen-bond donors (Lipinski definition) is 0. The Morgan fingerprint density at radius 1 is 0.971 bits per heavy atom. The highest BCUT2D eigenvalue weighted by molar-refractivity contribution is 5.80. The summed E-state index contributed by atoms with van der Waals surface area (Å²) in [7, 11) is 3.45. The van der Waals surface area contributed by atoms with E-state index in [-0.39, 0.29) is 5.41 Å². The molecular formula is C30H36N2O3. The Morgan fingerprint density at radius 2 is 1.74 bits per heavy atom. The van der Waals surface area contributed by atoms with E-state index in [1.807, 2.05) is 12.1 Å². The van der Waals surface area contributed by atoms with E-state index in [0.29, 0.717) is 42.7 Å². The fourth-order valence-corrected chi connectivity index (χ4v) is 8.31. The van der Waals surface area contributed by atoms with Crippen LogP contribution in [0.1, 0.15) is 42.4 Å². The summed E-state index contributed by atoms with van der Waals surface area (Å²) in [5.41, 5.74) is 4.02. The van der Waals surface area contributed by atoms with E-state index in [1.54, 1.807) is 14.2 Å². The highest BCUT2D eigenvalue weighted by Crippen LogP contribution is 2.64. The van der Waals surface area contributed by atoms with Crippen molar-refractivity contribution >= 4 is 5.91 Å². The van der Waals surface area contributed by atoms with Crippen LogP contribution < -0.4 is 9.47 Å². The van der Waals surface area contributed by atoms with Crippen LogP contribution in [0.15, 0.2) is 42.5 Å². The van der Waals surface area contributed by atoms with Crippen LogP contribution in [0.5, 0.6) is 11.5 Å². The lowest BCUT2D eigenvalue weighted by atomic mass is 9.55. The van der Waals surface area contributed by atoms with Crippen molar-refractivity contribution in [2.75, 3.05) is 33.9 Å². The van der Waals surface area contributed by atoms with Crippen LogP contribution in [0.4, 0.5) is 0 Å². The van der Waals surface area contributed by atoms with Gasteiger partial charge in [-0.3, -0.25) is 9.69 Å². The van der Waals surface area contributed by atoms with Crippen LogP contribution in [-0.2, 0) is 23.2 Å². The SMILES string of the molecule is COc1ccc(CN2CC3C4CC5C(Cc6ccc(OC)cc6C53CC2=O)CN4CC2CC2)cc1. The summed E-state index contributed by atoms with van der Waals surface area (Å²) in [5, 5.41) is 0. The predicted molar refractivity (Wildman–Crippen MR) is 135 cm³/mol. The molecule has 5 aliphatic rings. The Hall–Kier alpha value is -2.53. The number of rotatable bonds is 6. The molecule has 1 spiro atoms. The molecule has 2 saturated carbocycles. The molecule has 0 N–H and O–H groups in total. The summed E-state index contributed by atoms with van der Waals surface area (Å²) < 4.78 is 11.0. The van der Waals surface area contributed by atoms with Crippen LogP contribution >= 0.6 is 0 Å². The first-order valence-electron chi connectivity index (χ1n) is 13.4. The van der Waals surface area contributed by atoms with Gasteiger partial charge >= 0.3 is 0 Å². The number of carbonyl (C=O) groups excluding carboxylic acids is 1. The fourth-order valence-electron chi connectivity index (χ4n) is 8.31. The number of methoxy groups -OCH3 is 2. The first-order chi connectivity index (χ1) is 17.1. The largest absolute Gasteiger partial charge is 0.497 e. The van der Waals surface area contributed by atoms with Crippen molar-refractivity contribution in [3.63, 3.8) is 0 Å². The third-order valence-electron chi connectivity index (χ3n) is 10.0. The van der Waals surface area contributed by atoms with Crippen LogP contribution in [-0.4, -0.2) is 55.6 Å². The number of hydrogen-bond acceptors (Lipinski definition) is 4. The van der Waals surface area contributed by atoms with Crippen LogP contribution in [0.2, 0.25) is 0 Å². The lowest BCUT2D eigenvalue weighted by Gasteiger charge is -2.51. The monoisotopic (exact) mass is 472 g/mol. The van der Waals surface area contributed by atoms with Crippen molar-refractivity contribution in [3.8, 4) is 11.5 Å². The summed E-state index contributed by atoms with van der Waals surface area (Å²) in [6.45, 7) is 4.01. The second kappa shape index (κ2) is 7.99. The van der Waals surface area contributed by atoms with Gasteiger partial charge in [-0.2, -0.15) is 0 Å². The highest BCUT2D eigenvalue weighted by Gasteiger charge is 2.66. The van der Waals surface area contributed by atoms with Gasteiger partial charge in [-0.15, -0.1) is 0 Å². The first-order valence-corrected chi connectivity index (χ1v) is 13.4. The molecule has 0 aromatic heterocycles. The summed E-state index contributed by atoms with van der Waals surface area (Å²) >= 11 is 0. The summed E-state index contributed by atoms with van der Waals surface area (Å²) in [6.07, 6.45) is 5.83. The quantitative estimate of drug-likeness (QED) is 0.630. The molecule has 2 aromatic rings. The Kier molecular flexibility index (Phi) is 4.96. The van der Waals surface area contributed by atoms with Gasteiger partial charge < -0.3 is 14.4 Å². The molecule has 7 rings (SSSR count). The van der Waals surface area contributed by atoms with Crippen molar-refractivity contribution < 1.29 is 14.3 Å². The third-order valence-corrected chi connectivity index (χ3v) is 10.0. The maximum Gasteiger partial charge on any atom is 0.223 e. The zero-order valence-corrected chi connectivity index (χ0v) is 20.9. The lowest BCUT2D eigenvalue weighted by molar-refractivity contribution is -0.140. The van der Waals surface area contributed by atoms with Gasteiger partial charge in [0.15, 0.2) is 0 Å². The van der Waals surface area contributed by atoms with Crippen LogP contribution in [0, 0.1) is 23.7 Å². The van der Waals surface area contributed by atoms with Gasteiger partial charge in [0.05, 0.1) is 14.2 Å². The maximum atomic E-state index is 13.8. The molecule has 5 atom stereocenters. The number of carbonyl (C=O) groups is 1. The maximum absolute atomic E-state index is 13.8. The zero-order chi connectivity index (χ0) is 23.7. The minimum absolute atomic E-state index is 0.0384. The topological polar surface area (TPSA) is 42.0 Å². The molecule has 1 amide bonds. The van der Waals surface area contributed by atoms with Crippen LogP contribution in [0.25, 0.3) is 0 Å². The number of piperidine rings is 2. The molecule has 184 valence electrons. The van der Waals surface area contributed by atoms with Crippen molar-refractivity contribution in [1.82, 2.24) is 9.80 Å². The van der Waals surface area contributed by atoms with Crippen molar-refractivity contribution in [1.29, 1.82) is 0 Å². The Morgan fingerprint density at radius 3 is 2.49 bits per heavy atom. The molecule has 2 bridgehead atoms. The molecule has 0 radical (unpaired) electrons. The number of fused-ring (bicyclic) bond motifs is 3. The van der Waals surface area contributed by atoms with Gasteiger partial charge in [0.1, 0.15) is 11.5 Å².